The number of carbonyl (C=O) groups excluding carboxylic acids is 1. The Morgan fingerprint density at radius 3 is 2.77 bits per heavy atom. The number of ether oxygens (including phenoxy) is 2. The highest BCUT2D eigenvalue weighted by Crippen LogP contribution is 2.32. The van der Waals surface area contributed by atoms with Crippen molar-refractivity contribution in [1.82, 2.24) is 10.3 Å². The van der Waals surface area contributed by atoms with E-state index in [9.17, 15) is 4.79 Å². The molecule has 0 aliphatic carbocycles. The van der Waals surface area contributed by atoms with Crippen LogP contribution in [0.25, 0.3) is 0 Å². The quantitative estimate of drug-likeness (QED) is 0.914. The minimum atomic E-state index is -0.296. The molecule has 6 heteroatoms. The number of carbonyl (C=O) groups is 1. The number of amides is 2. The van der Waals surface area contributed by atoms with E-state index in [2.05, 4.69) is 15.6 Å². The molecular formula is C16H17N3O3. The van der Waals surface area contributed by atoms with E-state index in [4.69, 9.17) is 9.47 Å². The number of benzene rings is 1. The molecule has 0 saturated heterocycles. The average molecular weight is 299 g/mol. The van der Waals surface area contributed by atoms with Gasteiger partial charge in [-0.05, 0) is 31.2 Å². The number of urea groups is 1. The summed E-state index contributed by atoms with van der Waals surface area (Å²) in [6.45, 7) is 2.94. The zero-order valence-electron chi connectivity index (χ0n) is 12.2. The maximum Gasteiger partial charge on any atom is 0.319 e. The van der Waals surface area contributed by atoms with Gasteiger partial charge in [0.1, 0.15) is 13.2 Å². The second kappa shape index (κ2) is 6.34. The van der Waals surface area contributed by atoms with Gasteiger partial charge in [-0.2, -0.15) is 0 Å². The van der Waals surface area contributed by atoms with Crippen LogP contribution in [0.15, 0.2) is 42.6 Å². The van der Waals surface area contributed by atoms with Crippen LogP contribution in [-0.2, 0) is 0 Å². The van der Waals surface area contributed by atoms with E-state index in [1.807, 2.05) is 25.1 Å². The SMILES string of the molecule is CC(NC(=O)Nc1ccc2c(c1)OCCO2)c1ccccn1. The van der Waals surface area contributed by atoms with E-state index >= 15 is 0 Å². The van der Waals surface area contributed by atoms with Crippen molar-refractivity contribution >= 4 is 11.7 Å². The summed E-state index contributed by atoms with van der Waals surface area (Å²) in [6.07, 6.45) is 1.70. The first kappa shape index (κ1) is 14.2. The van der Waals surface area contributed by atoms with Gasteiger partial charge in [-0.25, -0.2) is 4.79 Å². The fourth-order valence-corrected chi connectivity index (χ4v) is 2.19. The third kappa shape index (κ3) is 3.28. The highest BCUT2D eigenvalue weighted by Gasteiger charge is 2.14. The fraction of sp³-hybridized carbons (Fsp3) is 0.250. The van der Waals surface area contributed by atoms with Crippen LogP contribution in [0.3, 0.4) is 0 Å². The zero-order chi connectivity index (χ0) is 15.4. The molecule has 1 aliphatic rings. The van der Waals surface area contributed by atoms with E-state index in [0.717, 1.165) is 5.69 Å². The third-order valence-electron chi connectivity index (χ3n) is 3.28. The van der Waals surface area contributed by atoms with Crippen molar-refractivity contribution in [3.05, 3.63) is 48.3 Å². The number of fused-ring (bicyclic) bond motifs is 1. The van der Waals surface area contributed by atoms with Crippen LogP contribution in [0.1, 0.15) is 18.7 Å². The molecule has 0 fully saturated rings. The van der Waals surface area contributed by atoms with Crippen LogP contribution in [0.5, 0.6) is 11.5 Å². The topological polar surface area (TPSA) is 72.5 Å². The molecule has 0 bridgehead atoms. The van der Waals surface area contributed by atoms with Crippen LogP contribution in [0, 0.1) is 0 Å². The predicted octanol–water partition coefficient (Wildman–Crippen LogP) is 2.74. The Morgan fingerprint density at radius 1 is 1.18 bits per heavy atom. The summed E-state index contributed by atoms with van der Waals surface area (Å²) in [5, 5.41) is 5.62. The molecule has 0 spiro atoms. The van der Waals surface area contributed by atoms with Gasteiger partial charge < -0.3 is 20.1 Å². The highest BCUT2D eigenvalue weighted by atomic mass is 16.6. The molecular weight excluding hydrogens is 282 g/mol. The van der Waals surface area contributed by atoms with Crippen LogP contribution in [-0.4, -0.2) is 24.2 Å². The molecule has 2 amide bonds. The Labute approximate surface area is 128 Å². The number of anilines is 1. The van der Waals surface area contributed by atoms with Gasteiger partial charge in [0.05, 0.1) is 11.7 Å². The van der Waals surface area contributed by atoms with Gasteiger partial charge in [0, 0.05) is 18.0 Å². The van der Waals surface area contributed by atoms with E-state index in [1.165, 1.54) is 0 Å². The summed E-state index contributed by atoms with van der Waals surface area (Å²) < 4.78 is 10.9. The molecule has 2 heterocycles. The van der Waals surface area contributed by atoms with Gasteiger partial charge >= 0.3 is 6.03 Å². The van der Waals surface area contributed by atoms with Crippen LogP contribution >= 0.6 is 0 Å². The number of nitrogens with zero attached hydrogens (tertiary/aromatic N) is 1. The number of hydrogen-bond donors (Lipinski definition) is 2. The summed E-state index contributed by atoms with van der Waals surface area (Å²) in [5.41, 5.74) is 1.45. The molecule has 2 N–H and O–H groups in total. The molecule has 1 aliphatic heterocycles. The van der Waals surface area contributed by atoms with Gasteiger partial charge in [0.15, 0.2) is 11.5 Å². The fourth-order valence-electron chi connectivity index (χ4n) is 2.19. The lowest BCUT2D eigenvalue weighted by molar-refractivity contribution is 0.171. The standard InChI is InChI=1S/C16H17N3O3/c1-11(13-4-2-3-7-17-13)18-16(20)19-12-5-6-14-15(10-12)22-9-8-21-14/h2-7,10-11H,8-9H2,1H3,(H2,18,19,20). The molecule has 22 heavy (non-hydrogen) atoms. The van der Waals surface area contributed by atoms with Crippen molar-refractivity contribution < 1.29 is 14.3 Å². The molecule has 2 aromatic rings. The average Bonchev–Trinajstić information content (AvgIpc) is 2.55. The minimum Gasteiger partial charge on any atom is -0.486 e. The molecule has 1 unspecified atom stereocenters. The molecule has 0 radical (unpaired) electrons. The van der Waals surface area contributed by atoms with Gasteiger partial charge in [-0.15, -0.1) is 0 Å². The Balaban J connectivity index is 1.62. The lowest BCUT2D eigenvalue weighted by Crippen LogP contribution is -2.31. The van der Waals surface area contributed by atoms with Gasteiger partial charge in [0.2, 0.25) is 0 Å². The Hall–Kier alpha value is -2.76. The third-order valence-corrected chi connectivity index (χ3v) is 3.28. The molecule has 6 nitrogen and oxygen atoms in total. The van der Waals surface area contributed by atoms with E-state index in [0.29, 0.717) is 30.4 Å². The van der Waals surface area contributed by atoms with Crippen molar-refractivity contribution in [2.24, 2.45) is 0 Å². The van der Waals surface area contributed by atoms with E-state index < -0.39 is 0 Å². The molecule has 1 atom stereocenters. The second-order valence-corrected chi connectivity index (χ2v) is 4.93. The van der Waals surface area contributed by atoms with Crippen molar-refractivity contribution in [2.75, 3.05) is 18.5 Å². The Morgan fingerprint density at radius 2 is 2.00 bits per heavy atom. The van der Waals surface area contributed by atoms with Crippen LogP contribution < -0.4 is 20.1 Å². The normalized spacial score (nSPS) is 14.0. The predicted molar refractivity (Wildman–Crippen MR) is 82.2 cm³/mol. The molecule has 114 valence electrons. The highest BCUT2D eigenvalue weighted by molar-refractivity contribution is 5.89. The summed E-state index contributed by atoms with van der Waals surface area (Å²) in [7, 11) is 0. The first-order valence-electron chi connectivity index (χ1n) is 7.10. The number of pyridine rings is 1. The Bertz CT molecular complexity index is 661. The van der Waals surface area contributed by atoms with Gasteiger partial charge in [-0.3, -0.25) is 4.98 Å². The van der Waals surface area contributed by atoms with Gasteiger partial charge in [-0.1, -0.05) is 6.07 Å². The van der Waals surface area contributed by atoms with Crippen molar-refractivity contribution in [1.29, 1.82) is 0 Å². The largest absolute Gasteiger partial charge is 0.486 e. The maximum atomic E-state index is 12.0. The minimum absolute atomic E-state index is 0.182. The summed E-state index contributed by atoms with van der Waals surface area (Å²) >= 11 is 0. The Kier molecular flexibility index (Phi) is 4.09. The van der Waals surface area contributed by atoms with Crippen molar-refractivity contribution in [3.8, 4) is 11.5 Å². The number of nitrogens with one attached hydrogen (secondary N) is 2. The first-order valence-corrected chi connectivity index (χ1v) is 7.10. The van der Waals surface area contributed by atoms with Crippen LogP contribution in [0.2, 0.25) is 0 Å². The maximum absolute atomic E-state index is 12.0. The molecule has 1 aromatic carbocycles. The second-order valence-electron chi connectivity index (χ2n) is 4.93. The van der Waals surface area contributed by atoms with E-state index in [1.54, 1.807) is 24.4 Å². The summed E-state index contributed by atoms with van der Waals surface area (Å²) in [6, 6.07) is 10.4. The number of hydrogen-bond acceptors (Lipinski definition) is 4. The molecule has 0 saturated carbocycles. The van der Waals surface area contributed by atoms with E-state index in [-0.39, 0.29) is 12.1 Å². The summed E-state index contributed by atoms with van der Waals surface area (Å²) in [5.74, 6) is 1.33. The molecule has 3 rings (SSSR count). The number of aromatic nitrogens is 1. The molecule has 1 aromatic heterocycles. The monoisotopic (exact) mass is 299 g/mol. The lowest BCUT2D eigenvalue weighted by atomic mass is 10.2. The lowest BCUT2D eigenvalue weighted by Gasteiger charge is -2.19. The first-order chi connectivity index (χ1) is 10.7. The summed E-state index contributed by atoms with van der Waals surface area (Å²) in [4.78, 5) is 16.3. The van der Waals surface area contributed by atoms with Gasteiger partial charge in [0.25, 0.3) is 0 Å². The zero-order valence-corrected chi connectivity index (χ0v) is 12.2. The smallest absolute Gasteiger partial charge is 0.319 e. The van der Waals surface area contributed by atoms with Crippen molar-refractivity contribution in [3.63, 3.8) is 0 Å². The van der Waals surface area contributed by atoms with Crippen LogP contribution in [0.4, 0.5) is 10.5 Å². The number of rotatable bonds is 3. The van der Waals surface area contributed by atoms with Crippen molar-refractivity contribution in [2.45, 2.75) is 13.0 Å².